The number of hydrogen-bond donors (Lipinski definition) is 1. The molecule has 2 aliphatic heterocycles. The average molecular weight is 492 g/mol. The molecule has 0 amide bonds. The van der Waals surface area contributed by atoms with Gasteiger partial charge < -0.3 is 23.7 Å². The van der Waals surface area contributed by atoms with Gasteiger partial charge in [0.25, 0.3) is 0 Å². The maximum Gasteiger partial charge on any atom is 0.338 e. The van der Waals surface area contributed by atoms with Crippen molar-refractivity contribution in [3.8, 4) is 11.3 Å². The molecule has 2 aliphatic rings. The average Bonchev–Trinajstić information content (AvgIpc) is 3.62. The molecule has 0 unspecified atom stereocenters. The number of esters is 1. The normalized spacial score (nSPS) is 16.0. The number of carbonyl (C=O) groups excluding carboxylic acids is 1. The van der Waals surface area contributed by atoms with E-state index in [2.05, 4.69) is 30.3 Å². The summed E-state index contributed by atoms with van der Waals surface area (Å²) in [5.74, 6) is 2.55. The Bertz CT molecular complexity index is 1200. The molecule has 4 heterocycles. The molecule has 0 saturated carbocycles. The molecule has 36 heavy (non-hydrogen) atoms. The second-order valence-corrected chi connectivity index (χ2v) is 8.42. The Morgan fingerprint density at radius 2 is 1.69 bits per heavy atom. The summed E-state index contributed by atoms with van der Waals surface area (Å²) in [6.45, 7) is 6.77. The molecule has 2 aromatic heterocycles. The van der Waals surface area contributed by atoms with Crippen LogP contribution >= 0.6 is 0 Å². The first-order valence-electron chi connectivity index (χ1n) is 12.2. The number of rotatable bonds is 8. The van der Waals surface area contributed by atoms with Crippen LogP contribution in [-0.4, -0.2) is 73.1 Å². The molecule has 0 atom stereocenters. The number of morpholine rings is 1. The monoisotopic (exact) mass is 491 g/mol. The Morgan fingerprint density at radius 1 is 1.00 bits per heavy atom. The van der Waals surface area contributed by atoms with Crippen molar-refractivity contribution < 1.29 is 18.7 Å². The third-order valence-corrected chi connectivity index (χ3v) is 5.96. The largest absolute Gasteiger partial charge is 0.462 e. The van der Waals surface area contributed by atoms with E-state index in [1.807, 2.05) is 24.3 Å². The van der Waals surface area contributed by atoms with Gasteiger partial charge in [0, 0.05) is 31.7 Å². The van der Waals surface area contributed by atoms with Crippen LogP contribution in [0.2, 0.25) is 0 Å². The van der Waals surface area contributed by atoms with Gasteiger partial charge in [-0.05, 0) is 44.0 Å². The molecule has 3 aromatic rings. The topological polar surface area (TPSA) is 118 Å². The van der Waals surface area contributed by atoms with Crippen molar-refractivity contribution in [2.75, 3.05) is 61.2 Å². The van der Waals surface area contributed by atoms with E-state index in [-0.39, 0.29) is 5.97 Å². The van der Waals surface area contributed by atoms with E-state index in [1.165, 1.54) is 0 Å². The summed E-state index contributed by atoms with van der Waals surface area (Å²) in [6.07, 6.45) is 3.84. The lowest BCUT2D eigenvalue weighted by molar-refractivity contribution is 0.0526. The molecule has 0 spiro atoms. The van der Waals surface area contributed by atoms with Gasteiger partial charge in [0.1, 0.15) is 11.5 Å². The lowest BCUT2D eigenvalue weighted by Gasteiger charge is -2.27. The fourth-order valence-corrected chi connectivity index (χ4v) is 4.08. The third kappa shape index (κ3) is 5.62. The third-order valence-electron chi connectivity index (χ3n) is 5.96. The Kier molecular flexibility index (Phi) is 7.36. The van der Waals surface area contributed by atoms with E-state index < -0.39 is 0 Å². The molecule has 2 saturated heterocycles. The molecule has 5 rings (SSSR count). The van der Waals surface area contributed by atoms with Crippen LogP contribution in [0.15, 0.2) is 45.9 Å². The lowest BCUT2D eigenvalue weighted by atomic mass is 10.1. The van der Waals surface area contributed by atoms with E-state index in [9.17, 15) is 4.79 Å². The van der Waals surface area contributed by atoms with Crippen molar-refractivity contribution in [2.24, 2.45) is 5.10 Å². The zero-order valence-electron chi connectivity index (χ0n) is 20.2. The zero-order valence-corrected chi connectivity index (χ0v) is 20.2. The smallest absolute Gasteiger partial charge is 0.338 e. The number of anilines is 3. The van der Waals surface area contributed by atoms with Gasteiger partial charge in [-0.2, -0.15) is 20.1 Å². The molecule has 11 heteroatoms. The van der Waals surface area contributed by atoms with Gasteiger partial charge in [-0.25, -0.2) is 10.2 Å². The van der Waals surface area contributed by atoms with E-state index in [1.54, 1.807) is 25.3 Å². The second kappa shape index (κ2) is 11.2. The summed E-state index contributed by atoms with van der Waals surface area (Å²) in [6, 6.07) is 10.8. The number of hydrogen-bond acceptors (Lipinski definition) is 11. The molecule has 2 fully saturated rings. The summed E-state index contributed by atoms with van der Waals surface area (Å²) in [7, 11) is 0. The van der Waals surface area contributed by atoms with Crippen LogP contribution in [0.5, 0.6) is 0 Å². The van der Waals surface area contributed by atoms with E-state index in [0.29, 0.717) is 54.7 Å². The summed E-state index contributed by atoms with van der Waals surface area (Å²) < 4.78 is 16.4. The van der Waals surface area contributed by atoms with Crippen LogP contribution in [0.1, 0.15) is 35.9 Å². The molecular formula is C25H29N7O4. The highest BCUT2D eigenvalue weighted by Gasteiger charge is 2.21. The molecule has 1 N–H and O–H groups in total. The lowest BCUT2D eigenvalue weighted by Crippen LogP contribution is -2.38. The second-order valence-electron chi connectivity index (χ2n) is 8.42. The van der Waals surface area contributed by atoms with E-state index in [0.717, 1.165) is 44.6 Å². The highest BCUT2D eigenvalue weighted by molar-refractivity contribution is 5.90. The minimum absolute atomic E-state index is 0.341. The van der Waals surface area contributed by atoms with Gasteiger partial charge in [0.15, 0.2) is 0 Å². The van der Waals surface area contributed by atoms with Crippen LogP contribution in [0.25, 0.3) is 11.3 Å². The van der Waals surface area contributed by atoms with Gasteiger partial charge in [0.05, 0.1) is 31.6 Å². The minimum Gasteiger partial charge on any atom is -0.462 e. The zero-order chi connectivity index (χ0) is 24.7. The van der Waals surface area contributed by atoms with Crippen LogP contribution in [-0.2, 0) is 9.47 Å². The van der Waals surface area contributed by atoms with E-state index >= 15 is 0 Å². The molecule has 0 aliphatic carbocycles. The first-order chi connectivity index (χ1) is 17.7. The van der Waals surface area contributed by atoms with Crippen molar-refractivity contribution in [3.05, 3.63) is 47.7 Å². The number of aromatic nitrogens is 3. The van der Waals surface area contributed by atoms with Gasteiger partial charge in [-0.1, -0.05) is 12.1 Å². The maximum absolute atomic E-state index is 11.8. The predicted octanol–water partition coefficient (Wildman–Crippen LogP) is 3.19. The van der Waals surface area contributed by atoms with Gasteiger partial charge in [-0.15, -0.1) is 0 Å². The molecule has 1 aromatic carbocycles. The number of carbonyl (C=O) groups is 1. The molecular weight excluding hydrogens is 462 g/mol. The fourth-order valence-electron chi connectivity index (χ4n) is 4.08. The predicted molar refractivity (Wildman–Crippen MR) is 136 cm³/mol. The summed E-state index contributed by atoms with van der Waals surface area (Å²) >= 11 is 0. The summed E-state index contributed by atoms with van der Waals surface area (Å²) in [4.78, 5) is 30.0. The first-order valence-corrected chi connectivity index (χ1v) is 12.2. The molecule has 0 bridgehead atoms. The number of furan rings is 1. The Balaban J connectivity index is 1.28. The standard InChI is InChI=1S/C25H29N7O4/c1-2-35-22(33)19-7-5-18(6-8-19)21-10-9-20(36-21)17-26-30-23-27-24(31-11-3-4-12-31)29-25(28-23)32-13-15-34-16-14-32/h5-10,17H,2-4,11-16H2,1H3,(H,27,28,29,30)/b26-17-. The van der Waals surface area contributed by atoms with E-state index in [4.69, 9.17) is 18.9 Å². The van der Waals surface area contributed by atoms with Crippen molar-refractivity contribution in [3.63, 3.8) is 0 Å². The maximum atomic E-state index is 11.8. The first kappa shape index (κ1) is 23.7. The van der Waals surface area contributed by atoms with Crippen LogP contribution < -0.4 is 15.2 Å². The Morgan fingerprint density at radius 3 is 2.39 bits per heavy atom. The highest BCUT2D eigenvalue weighted by Crippen LogP contribution is 2.23. The SMILES string of the molecule is CCOC(=O)c1ccc(-c2ccc(/C=N\Nc3nc(N4CCCC4)nc(N4CCOCC4)n3)o2)cc1. The van der Waals surface area contributed by atoms with Crippen molar-refractivity contribution in [1.82, 2.24) is 15.0 Å². The number of benzene rings is 1. The van der Waals surface area contributed by atoms with Crippen LogP contribution in [0.3, 0.4) is 0 Å². The number of hydrazone groups is 1. The highest BCUT2D eigenvalue weighted by atomic mass is 16.5. The number of ether oxygens (including phenoxy) is 2. The quantitative estimate of drug-likeness (QED) is 0.286. The van der Waals surface area contributed by atoms with Crippen molar-refractivity contribution >= 4 is 30.0 Å². The van der Waals surface area contributed by atoms with Gasteiger partial charge in [-0.3, -0.25) is 0 Å². The summed E-state index contributed by atoms with van der Waals surface area (Å²) in [5.41, 5.74) is 4.27. The van der Waals surface area contributed by atoms with Crippen molar-refractivity contribution in [2.45, 2.75) is 19.8 Å². The van der Waals surface area contributed by atoms with Gasteiger partial charge >= 0.3 is 5.97 Å². The Labute approximate surface area is 209 Å². The molecule has 188 valence electrons. The van der Waals surface area contributed by atoms with Gasteiger partial charge in [0.2, 0.25) is 17.8 Å². The summed E-state index contributed by atoms with van der Waals surface area (Å²) in [5, 5.41) is 4.29. The number of nitrogens with zero attached hydrogens (tertiary/aromatic N) is 6. The fraction of sp³-hybridized carbons (Fsp3) is 0.400. The minimum atomic E-state index is -0.342. The Hall–Kier alpha value is -3.99. The molecule has 11 nitrogen and oxygen atoms in total. The number of nitrogens with one attached hydrogen (secondary N) is 1. The molecule has 0 radical (unpaired) electrons. The van der Waals surface area contributed by atoms with Crippen LogP contribution in [0.4, 0.5) is 17.8 Å². The van der Waals surface area contributed by atoms with Crippen LogP contribution in [0, 0.1) is 0 Å². The van der Waals surface area contributed by atoms with Crippen molar-refractivity contribution in [1.29, 1.82) is 0 Å².